The fraction of sp³-hybridized carbons (Fsp3) is 0.286. The molecule has 0 fully saturated rings. The summed E-state index contributed by atoms with van der Waals surface area (Å²) in [4.78, 5) is 46.6. The first kappa shape index (κ1) is 27.9. The van der Waals surface area contributed by atoms with Crippen LogP contribution in [0.4, 0.5) is 5.69 Å². The van der Waals surface area contributed by atoms with Crippen LogP contribution >= 0.6 is 34.7 Å². The topological polar surface area (TPSA) is 84.3 Å². The molecule has 2 aromatic heterocycles. The third-order valence-electron chi connectivity index (χ3n) is 6.23. The number of thioether (sulfide) groups is 1. The highest BCUT2D eigenvalue weighted by Crippen LogP contribution is 2.30. The van der Waals surface area contributed by atoms with Crippen molar-refractivity contribution in [2.24, 2.45) is 0 Å². The van der Waals surface area contributed by atoms with Gasteiger partial charge in [-0.3, -0.25) is 19.0 Å². The fourth-order valence-electron chi connectivity index (χ4n) is 4.12. The number of fused-ring (bicyclic) bond motifs is 1. The number of para-hydroxylation sites is 1. The lowest BCUT2D eigenvalue weighted by Gasteiger charge is -2.14. The molecule has 4 rings (SSSR count). The van der Waals surface area contributed by atoms with Crippen molar-refractivity contribution in [3.63, 3.8) is 0 Å². The second-order valence-corrected chi connectivity index (χ2v) is 11.6. The predicted octanol–water partition coefficient (Wildman–Crippen LogP) is 5.71. The van der Waals surface area contributed by atoms with E-state index in [9.17, 15) is 14.4 Å². The lowest BCUT2D eigenvalue weighted by atomic mass is 10.1. The highest BCUT2D eigenvalue weighted by atomic mass is 35.5. The number of carbonyl (C=O) groups excluding carboxylic acids is 2. The Bertz CT molecular complexity index is 1560. The molecule has 0 aliphatic heterocycles. The molecule has 38 heavy (non-hydrogen) atoms. The molecule has 0 saturated heterocycles. The molecule has 198 valence electrons. The standard InChI is InChI=1S/C28H29ClN4O3S2/c1-16-7-6-8-17(2)23(16)30-21(34)15-37-28-31-25-22(18(3)24(38-25)27(36)32(4)5)26(35)33(28)14-13-19-9-11-20(29)12-10-19/h6-12H,13-15H2,1-5H3,(H,30,34). The Kier molecular flexibility index (Phi) is 8.60. The molecule has 0 unspecified atom stereocenters. The molecule has 10 heteroatoms. The van der Waals surface area contributed by atoms with Crippen molar-refractivity contribution in [1.29, 1.82) is 0 Å². The normalized spacial score (nSPS) is 11.1. The maximum absolute atomic E-state index is 13.7. The van der Waals surface area contributed by atoms with Gasteiger partial charge in [-0.25, -0.2) is 4.98 Å². The van der Waals surface area contributed by atoms with E-state index in [1.165, 1.54) is 28.0 Å². The second-order valence-electron chi connectivity index (χ2n) is 9.27. The number of amides is 2. The van der Waals surface area contributed by atoms with Crippen LogP contribution < -0.4 is 10.9 Å². The van der Waals surface area contributed by atoms with Crippen LogP contribution in [0.15, 0.2) is 52.4 Å². The number of hydrogen-bond acceptors (Lipinski definition) is 6. The summed E-state index contributed by atoms with van der Waals surface area (Å²) in [7, 11) is 3.36. The number of halogens is 1. The van der Waals surface area contributed by atoms with Crippen LogP contribution in [0.1, 0.15) is 31.9 Å². The summed E-state index contributed by atoms with van der Waals surface area (Å²) < 4.78 is 1.61. The monoisotopic (exact) mass is 568 g/mol. The van der Waals surface area contributed by atoms with Gasteiger partial charge in [-0.15, -0.1) is 11.3 Å². The van der Waals surface area contributed by atoms with Gasteiger partial charge in [-0.1, -0.05) is 53.7 Å². The van der Waals surface area contributed by atoms with E-state index in [1.807, 2.05) is 56.3 Å². The number of hydrogen-bond donors (Lipinski definition) is 1. The van der Waals surface area contributed by atoms with E-state index < -0.39 is 0 Å². The number of rotatable bonds is 8. The maximum Gasteiger partial charge on any atom is 0.263 e. The van der Waals surface area contributed by atoms with Crippen LogP contribution in [0, 0.1) is 20.8 Å². The average Bonchev–Trinajstić information content (AvgIpc) is 3.21. The zero-order valence-electron chi connectivity index (χ0n) is 21.9. The number of thiophene rings is 1. The minimum absolute atomic E-state index is 0.0838. The molecule has 0 aliphatic rings. The van der Waals surface area contributed by atoms with E-state index in [0.717, 1.165) is 22.4 Å². The Morgan fingerprint density at radius 2 is 1.74 bits per heavy atom. The minimum atomic E-state index is -0.215. The summed E-state index contributed by atoms with van der Waals surface area (Å²) in [6.07, 6.45) is 0.582. The Morgan fingerprint density at radius 1 is 1.08 bits per heavy atom. The van der Waals surface area contributed by atoms with Gasteiger partial charge in [-0.05, 0) is 61.6 Å². The molecule has 2 heterocycles. The predicted molar refractivity (Wildman–Crippen MR) is 157 cm³/mol. The van der Waals surface area contributed by atoms with Gasteiger partial charge >= 0.3 is 0 Å². The molecule has 2 amide bonds. The highest BCUT2D eigenvalue weighted by Gasteiger charge is 2.23. The van der Waals surface area contributed by atoms with Crippen LogP contribution in [0.2, 0.25) is 5.02 Å². The molecule has 0 radical (unpaired) electrons. The summed E-state index contributed by atoms with van der Waals surface area (Å²) in [5, 5.41) is 4.52. The number of nitrogens with one attached hydrogen (secondary N) is 1. The molecule has 0 aliphatic carbocycles. The maximum atomic E-state index is 13.7. The van der Waals surface area contributed by atoms with Crippen LogP contribution in [-0.4, -0.2) is 46.1 Å². The van der Waals surface area contributed by atoms with E-state index in [1.54, 1.807) is 25.6 Å². The SMILES string of the molecule is Cc1cccc(C)c1NC(=O)CSc1nc2sc(C(=O)N(C)C)c(C)c2c(=O)n1CCc1ccc(Cl)cc1. The molecular weight excluding hydrogens is 540 g/mol. The lowest BCUT2D eigenvalue weighted by molar-refractivity contribution is -0.113. The summed E-state index contributed by atoms with van der Waals surface area (Å²) in [6.45, 7) is 6.06. The molecule has 4 aromatic rings. The number of anilines is 1. The van der Waals surface area contributed by atoms with E-state index in [2.05, 4.69) is 5.32 Å². The summed E-state index contributed by atoms with van der Waals surface area (Å²) in [5.41, 5.74) is 4.20. The summed E-state index contributed by atoms with van der Waals surface area (Å²) in [6, 6.07) is 13.3. The van der Waals surface area contributed by atoms with Crippen molar-refractivity contribution in [2.75, 3.05) is 25.2 Å². The van der Waals surface area contributed by atoms with Gasteiger partial charge in [0.15, 0.2) is 5.16 Å². The molecule has 7 nitrogen and oxygen atoms in total. The first-order valence-corrected chi connectivity index (χ1v) is 14.2. The largest absolute Gasteiger partial charge is 0.344 e. The Balaban J connectivity index is 1.68. The van der Waals surface area contributed by atoms with Gasteiger partial charge in [-0.2, -0.15) is 0 Å². The van der Waals surface area contributed by atoms with Crippen LogP contribution in [0.3, 0.4) is 0 Å². The highest BCUT2D eigenvalue weighted by molar-refractivity contribution is 7.99. The molecule has 2 aromatic carbocycles. The van der Waals surface area contributed by atoms with E-state index in [4.69, 9.17) is 16.6 Å². The van der Waals surface area contributed by atoms with Gasteiger partial charge in [0, 0.05) is 31.4 Å². The zero-order chi connectivity index (χ0) is 27.6. The van der Waals surface area contributed by atoms with Crippen molar-refractivity contribution in [1.82, 2.24) is 14.5 Å². The number of nitrogens with zero attached hydrogens (tertiary/aromatic N) is 3. The fourth-order valence-corrected chi connectivity index (χ4v) is 6.32. The van der Waals surface area contributed by atoms with E-state index >= 15 is 0 Å². The Hall–Kier alpha value is -3.14. The average molecular weight is 569 g/mol. The number of aromatic nitrogens is 2. The molecule has 0 atom stereocenters. The van der Waals surface area contributed by atoms with Crippen LogP contribution in [0.25, 0.3) is 10.2 Å². The number of aryl methyl sites for hydroxylation is 4. The Labute approximate surface area is 234 Å². The third-order valence-corrected chi connectivity index (χ3v) is 8.63. The van der Waals surface area contributed by atoms with Crippen molar-refractivity contribution < 1.29 is 9.59 Å². The zero-order valence-corrected chi connectivity index (χ0v) is 24.3. The first-order valence-electron chi connectivity index (χ1n) is 12.1. The molecule has 0 spiro atoms. The van der Waals surface area contributed by atoms with E-state index in [-0.39, 0.29) is 23.1 Å². The minimum Gasteiger partial charge on any atom is -0.344 e. The van der Waals surface area contributed by atoms with Crippen molar-refractivity contribution in [3.8, 4) is 0 Å². The van der Waals surface area contributed by atoms with Gasteiger partial charge in [0.1, 0.15) is 4.83 Å². The van der Waals surface area contributed by atoms with Crippen molar-refractivity contribution >= 4 is 62.4 Å². The quantitative estimate of drug-likeness (QED) is 0.217. The second kappa shape index (κ2) is 11.7. The number of carbonyl (C=O) groups is 2. The molecule has 1 N–H and O–H groups in total. The summed E-state index contributed by atoms with van der Waals surface area (Å²) >= 11 is 8.45. The molecule has 0 saturated carbocycles. The first-order chi connectivity index (χ1) is 18.1. The smallest absolute Gasteiger partial charge is 0.263 e. The van der Waals surface area contributed by atoms with Crippen molar-refractivity contribution in [2.45, 2.75) is 38.9 Å². The number of benzene rings is 2. The van der Waals surface area contributed by atoms with Gasteiger partial charge in [0.05, 0.1) is 16.0 Å². The van der Waals surface area contributed by atoms with Crippen LogP contribution in [0.5, 0.6) is 0 Å². The van der Waals surface area contributed by atoms with Crippen molar-refractivity contribution in [3.05, 3.63) is 85.0 Å². The van der Waals surface area contributed by atoms with Gasteiger partial charge in [0.2, 0.25) is 5.91 Å². The van der Waals surface area contributed by atoms with Gasteiger partial charge < -0.3 is 10.2 Å². The lowest BCUT2D eigenvalue weighted by Crippen LogP contribution is -2.25. The van der Waals surface area contributed by atoms with Crippen LogP contribution in [-0.2, 0) is 17.8 Å². The molecule has 0 bridgehead atoms. The molecular formula is C28H29ClN4O3S2. The Morgan fingerprint density at radius 3 is 2.37 bits per heavy atom. The van der Waals surface area contributed by atoms with Gasteiger partial charge in [0.25, 0.3) is 11.5 Å². The summed E-state index contributed by atoms with van der Waals surface area (Å²) in [5.74, 6) is -0.267. The third kappa shape index (κ3) is 5.95. The van der Waals surface area contributed by atoms with E-state index in [0.29, 0.717) is 43.8 Å².